The summed E-state index contributed by atoms with van der Waals surface area (Å²) >= 11 is 0. The van der Waals surface area contributed by atoms with Crippen LogP contribution >= 0.6 is 0 Å². The number of imide groups is 1. The molecule has 4 rings (SSSR count). The summed E-state index contributed by atoms with van der Waals surface area (Å²) < 4.78 is 5.30. The van der Waals surface area contributed by atoms with Crippen molar-refractivity contribution in [2.24, 2.45) is 0 Å². The zero-order valence-electron chi connectivity index (χ0n) is 13.1. The lowest BCUT2D eigenvalue weighted by atomic mass is 10.1. The molecule has 0 saturated carbocycles. The minimum Gasteiger partial charge on any atom is -0.380 e. The van der Waals surface area contributed by atoms with E-state index < -0.39 is 0 Å². The topological polar surface area (TPSA) is 66.0 Å². The van der Waals surface area contributed by atoms with E-state index in [1.165, 1.54) is 4.90 Å². The van der Waals surface area contributed by atoms with Gasteiger partial charge in [0.15, 0.2) is 0 Å². The van der Waals surface area contributed by atoms with Gasteiger partial charge in [0, 0.05) is 39.4 Å². The van der Waals surface area contributed by atoms with Crippen molar-refractivity contribution in [3.05, 3.63) is 24.4 Å². The van der Waals surface area contributed by atoms with Crippen LogP contribution in [0, 0.1) is 0 Å². The Hall–Kier alpha value is -2.15. The third kappa shape index (κ3) is 2.26. The van der Waals surface area contributed by atoms with E-state index in [9.17, 15) is 9.59 Å². The Morgan fingerprint density at radius 3 is 2.83 bits per heavy atom. The maximum absolute atomic E-state index is 12.7. The molecule has 0 aliphatic carbocycles. The molecule has 3 fully saturated rings. The highest BCUT2D eigenvalue weighted by molar-refractivity contribution is 6.05. The molecule has 7 heteroatoms. The summed E-state index contributed by atoms with van der Waals surface area (Å²) in [4.78, 5) is 34.9. The number of anilines is 1. The Labute approximate surface area is 134 Å². The van der Waals surface area contributed by atoms with Crippen LogP contribution in [-0.4, -0.2) is 71.7 Å². The van der Waals surface area contributed by atoms with E-state index >= 15 is 0 Å². The Morgan fingerprint density at radius 2 is 2.13 bits per heavy atom. The van der Waals surface area contributed by atoms with E-state index in [0.29, 0.717) is 19.5 Å². The highest BCUT2D eigenvalue weighted by atomic mass is 16.5. The van der Waals surface area contributed by atoms with Crippen LogP contribution in [-0.2, 0) is 9.53 Å². The number of fused-ring (bicyclic) bond motifs is 1. The van der Waals surface area contributed by atoms with Crippen LogP contribution in [0.3, 0.4) is 0 Å². The zero-order chi connectivity index (χ0) is 16.0. The number of rotatable bonds is 3. The summed E-state index contributed by atoms with van der Waals surface area (Å²) in [6.07, 6.45) is 3.13. The van der Waals surface area contributed by atoms with Gasteiger partial charge in [-0.15, -0.1) is 0 Å². The normalized spacial score (nSPS) is 30.5. The first kappa shape index (κ1) is 14.4. The highest BCUT2D eigenvalue weighted by Gasteiger charge is 2.53. The second-order valence-electron chi connectivity index (χ2n) is 6.33. The standard InChI is InChI=1S/C16H20N4O3/c1-23-12-8-13-15(21)20(16(22)19(13)10-12)11-5-7-18(9-11)14-4-2-3-6-17-14/h2-4,6,11-13H,5,7-10H2,1H3/t11-,12-,13+/m1/s1. The molecule has 3 saturated heterocycles. The van der Waals surface area contributed by atoms with Crippen LogP contribution < -0.4 is 4.90 Å². The quantitative estimate of drug-likeness (QED) is 0.769. The number of ether oxygens (including phenoxy) is 1. The largest absolute Gasteiger partial charge is 0.380 e. The second kappa shape index (κ2) is 5.49. The third-order valence-electron chi connectivity index (χ3n) is 5.07. The molecule has 1 aromatic rings. The molecular weight excluding hydrogens is 296 g/mol. The van der Waals surface area contributed by atoms with Crippen molar-refractivity contribution in [2.75, 3.05) is 31.6 Å². The van der Waals surface area contributed by atoms with Crippen molar-refractivity contribution in [1.82, 2.24) is 14.8 Å². The summed E-state index contributed by atoms with van der Waals surface area (Å²) in [7, 11) is 1.63. The Balaban J connectivity index is 1.48. The molecule has 3 atom stereocenters. The fourth-order valence-corrected chi connectivity index (χ4v) is 3.84. The zero-order valence-corrected chi connectivity index (χ0v) is 13.1. The van der Waals surface area contributed by atoms with E-state index in [2.05, 4.69) is 9.88 Å². The Bertz CT molecular complexity index is 599. The average molecular weight is 316 g/mol. The van der Waals surface area contributed by atoms with Gasteiger partial charge in [-0.05, 0) is 18.6 Å². The monoisotopic (exact) mass is 316 g/mol. The number of methoxy groups -OCH3 is 1. The van der Waals surface area contributed by atoms with E-state index in [1.807, 2.05) is 18.2 Å². The van der Waals surface area contributed by atoms with Crippen LogP contribution in [0.5, 0.6) is 0 Å². The lowest BCUT2D eigenvalue weighted by Gasteiger charge is -2.24. The fraction of sp³-hybridized carbons (Fsp3) is 0.562. The first-order valence-electron chi connectivity index (χ1n) is 8.01. The number of urea groups is 1. The van der Waals surface area contributed by atoms with E-state index in [4.69, 9.17) is 4.74 Å². The predicted molar refractivity (Wildman–Crippen MR) is 83.0 cm³/mol. The van der Waals surface area contributed by atoms with Crippen molar-refractivity contribution in [3.63, 3.8) is 0 Å². The highest BCUT2D eigenvalue weighted by Crippen LogP contribution is 2.32. The Morgan fingerprint density at radius 1 is 1.26 bits per heavy atom. The van der Waals surface area contributed by atoms with Crippen LogP contribution in [0.25, 0.3) is 0 Å². The molecule has 3 aliphatic rings. The number of carbonyl (C=O) groups is 2. The van der Waals surface area contributed by atoms with Crippen LogP contribution in [0.4, 0.5) is 10.6 Å². The fourth-order valence-electron chi connectivity index (χ4n) is 3.84. The molecule has 7 nitrogen and oxygen atoms in total. The number of nitrogens with zero attached hydrogens (tertiary/aromatic N) is 4. The summed E-state index contributed by atoms with van der Waals surface area (Å²) in [6.45, 7) is 1.98. The number of pyridine rings is 1. The Kier molecular flexibility index (Phi) is 3.45. The van der Waals surface area contributed by atoms with Crippen LogP contribution in [0.15, 0.2) is 24.4 Å². The predicted octanol–water partition coefficient (Wildman–Crippen LogP) is 0.712. The lowest BCUT2D eigenvalue weighted by Crippen LogP contribution is -2.44. The molecule has 1 aromatic heterocycles. The van der Waals surface area contributed by atoms with Gasteiger partial charge in [0.25, 0.3) is 5.91 Å². The number of carbonyl (C=O) groups excluding carboxylic acids is 2. The summed E-state index contributed by atoms with van der Waals surface area (Å²) in [5.74, 6) is 0.830. The van der Waals surface area contributed by atoms with Gasteiger partial charge >= 0.3 is 6.03 Å². The van der Waals surface area contributed by atoms with Crippen molar-refractivity contribution >= 4 is 17.8 Å². The molecule has 0 unspecified atom stereocenters. The molecule has 122 valence electrons. The molecule has 4 heterocycles. The van der Waals surface area contributed by atoms with Gasteiger partial charge in [0.1, 0.15) is 11.9 Å². The first-order valence-corrected chi connectivity index (χ1v) is 8.01. The van der Waals surface area contributed by atoms with E-state index in [-0.39, 0.29) is 30.1 Å². The molecule has 3 amide bonds. The SMILES string of the molecule is CO[C@@H]1C[C@H]2C(=O)N([C@@H]3CCN(c4ccccn4)C3)C(=O)N2C1. The molecular formula is C16H20N4O3. The summed E-state index contributed by atoms with van der Waals surface area (Å²) in [5, 5.41) is 0. The molecule has 0 aromatic carbocycles. The third-order valence-corrected chi connectivity index (χ3v) is 5.07. The summed E-state index contributed by atoms with van der Waals surface area (Å²) in [6, 6.07) is 5.22. The molecule has 3 aliphatic heterocycles. The van der Waals surface area contributed by atoms with Gasteiger partial charge in [0.05, 0.1) is 12.1 Å². The van der Waals surface area contributed by atoms with Gasteiger partial charge in [-0.3, -0.25) is 9.69 Å². The summed E-state index contributed by atoms with van der Waals surface area (Å²) in [5.41, 5.74) is 0. The van der Waals surface area contributed by atoms with Crippen molar-refractivity contribution in [1.29, 1.82) is 0 Å². The molecule has 0 radical (unpaired) electrons. The maximum Gasteiger partial charge on any atom is 0.327 e. The van der Waals surface area contributed by atoms with Crippen LogP contribution in [0.2, 0.25) is 0 Å². The second-order valence-corrected chi connectivity index (χ2v) is 6.33. The molecule has 0 bridgehead atoms. The van der Waals surface area contributed by atoms with Gasteiger partial charge in [-0.1, -0.05) is 6.07 Å². The van der Waals surface area contributed by atoms with Crippen molar-refractivity contribution < 1.29 is 14.3 Å². The number of hydrogen-bond donors (Lipinski definition) is 0. The first-order chi connectivity index (χ1) is 11.2. The van der Waals surface area contributed by atoms with E-state index in [1.54, 1.807) is 18.2 Å². The smallest absolute Gasteiger partial charge is 0.327 e. The average Bonchev–Trinajstić information content (AvgIpc) is 3.26. The molecule has 23 heavy (non-hydrogen) atoms. The van der Waals surface area contributed by atoms with Gasteiger partial charge in [-0.25, -0.2) is 9.78 Å². The molecule has 0 N–H and O–H groups in total. The number of hydrogen-bond acceptors (Lipinski definition) is 5. The number of amides is 3. The van der Waals surface area contributed by atoms with Crippen LogP contribution in [0.1, 0.15) is 12.8 Å². The minimum absolute atomic E-state index is 0.0244. The van der Waals surface area contributed by atoms with Crippen molar-refractivity contribution in [3.8, 4) is 0 Å². The lowest BCUT2D eigenvalue weighted by molar-refractivity contribution is -0.129. The van der Waals surface area contributed by atoms with E-state index in [0.717, 1.165) is 18.8 Å². The maximum atomic E-state index is 12.7. The van der Waals surface area contributed by atoms with Crippen molar-refractivity contribution in [2.45, 2.75) is 31.0 Å². The van der Waals surface area contributed by atoms with Gasteiger partial charge < -0.3 is 14.5 Å². The van der Waals surface area contributed by atoms with Gasteiger partial charge in [0.2, 0.25) is 0 Å². The number of aromatic nitrogens is 1. The molecule has 0 spiro atoms. The minimum atomic E-state index is -0.337. The van der Waals surface area contributed by atoms with Gasteiger partial charge in [-0.2, -0.15) is 0 Å².